The lowest BCUT2D eigenvalue weighted by Crippen LogP contribution is -2.08. The molecule has 1 aromatic rings. The molecule has 0 radical (unpaired) electrons. The fourth-order valence-corrected chi connectivity index (χ4v) is 2.87. The maximum atomic E-state index is 6.28. The Hall–Kier alpha value is -0.970. The van der Waals surface area contributed by atoms with Crippen LogP contribution in [0.25, 0.3) is 0 Å². The van der Waals surface area contributed by atoms with Gasteiger partial charge in [0.15, 0.2) is 11.5 Å². The molecule has 1 heterocycles. The molecule has 1 aromatic carbocycles. The normalized spacial score (nSPS) is 18.0. The summed E-state index contributed by atoms with van der Waals surface area (Å²) >= 11 is 6.28. The Morgan fingerprint density at radius 1 is 1.43 bits per heavy atom. The molecule has 0 aliphatic carbocycles. The summed E-state index contributed by atoms with van der Waals surface area (Å²) in [4.78, 5) is 0. The first-order valence-corrected chi connectivity index (χ1v) is 7.93. The van der Waals surface area contributed by atoms with Gasteiger partial charge < -0.3 is 19.9 Å². The molecule has 2 N–H and O–H groups in total. The van der Waals surface area contributed by atoms with Crippen LogP contribution in [0.5, 0.6) is 11.5 Å². The number of halogens is 1. The molecule has 118 valence electrons. The molecule has 1 fully saturated rings. The zero-order valence-electron chi connectivity index (χ0n) is 12.6. The lowest BCUT2D eigenvalue weighted by atomic mass is 10.1. The van der Waals surface area contributed by atoms with E-state index in [9.17, 15) is 0 Å². The molecular formula is C16H24ClNO3. The van der Waals surface area contributed by atoms with E-state index in [0.717, 1.165) is 37.9 Å². The fraction of sp³-hybridized carbons (Fsp3) is 0.625. The number of benzene rings is 1. The Balaban J connectivity index is 1.88. The van der Waals surface area contributed by atoms with Crippen LogP contribution in [0.2, 0.25) is 5.02 Å². The zero-order valence-corrected chi connectivity index (χ0v) is 13.3. The van der Waals surface area contributed by atoms with Crippen LogP contribution in [-0.4, -0.2) is 33.0 Å². The highest BCUT2D eigenvalue weighted by Crippen LogP contribution is 2.36. The van der Waals surface area contributed by atoms with Crippen LogP contribution >= 0.6 is 11.6 Å². The van der Waals surface area contributed by atoms with Crippen molar-refractivity contribution in [1.29, 1.82) is 0 Å². The summed E-state index contributed by atoms with van der Waals surface area (Å²) in [5, 5.41) is 0.579. The van der Waals surface area contributed by atoms with Crippen LogP contribution in [0.4, 0.5) is 0 Å². The second-order valence-corrected chi connectivity index (χ2v) is 5.68. The number of hydrogen-bond donors (Lipinski definition) is 1. The highest BCUT2D eigenvalue weighted by molar-refractivity contribution is 6.32. The van der Waals surface area contributed by atoms with Gasteiger partial charge in [0.05, 0.1) is 24.8 Å². The minimum Gasteiger partial charge on any atom is -0.493 e. The number of hydrogen-bond acceptors (Lipinski definition) is 4. The summed E-state index contributed by atoms with van der Waals surface area (Å²) in [7, 11) is 1.62. The molecule has 1 aliphatic rings. The Bertz CT molecular complexity index is 447. The van der Waals surface area contributed by atoms with Gasteiger partial charge in [-0.2, -0.15) is 0 Å². The lowest BCUT2D eigenvalue weighted by Gasteiger charge is -2.15. The molecule has 5 heteroatoms. The second kappa shape index (κ2) is 8.47. The van der Waals surface area contributed by atoms with Crippen molar-refractivity contribution in [3.8, 4) is 11.5 Å². The van der Waals surface area contributed by atoms with Crippen LogP contribution in [0.1, 0.15) is 31.2 Å². The van der Waals surface area contributed by atoms with Crippen LogP contribution in [0, 0.1) is 0 Å². The van der Waals surface area contributed by atoms with E-state index in [4.69, 9.17) is 31.5 Å². The average Bonchev–Trinajstić information content (AvgIpc) is 2.98. The number of nitrogens with two attached hydrogens (primary N) is 1. The van der Waals surface area contributed by atoms with Crippen LogP contribution in [0.3, 0.4) is 0 Å². The zero-order chi connectivity index (χ0) is 15.1. The summed E-state index contributed by atoms with van der Waals surface area (Å²) in [6, 6.07) is 3.83. The summed E-state index contributed by atoms with van der Waals surface area (Å²) in [6.07, 6.45) is 5.50. The molecular weight excluding hydrogens is 290 g/mol. The molecule has 1 atom stereocenters. The minimum absolute atomic E-state index is 0.401. The van der Waals surface area contributed by atoms with Crippen LogP contribution in [0.15, 0.2) is 12.1 Å². The van der Waals surface area contributed by atoms with Crippen molar-refractivity contribution in [2.45, 2.75) is 38.2 Å². The summed E-state index contributed by atoms with van der Waals surface area (Å²) in [6.45, 7) is 2.10. The largest absolute Gasteiger partial charge is 0.493 e. The first kappa shape index (κ1) is 16.4. The van der Waals surface area contributed by atoms with E-state index in [-0.39, 0.29) is 0 Å². The van der Waals surface area contributed by atoms with Gasteiger partial charge in [-0.3, -0.25) is 0 Å². The van der Waals surface area contributed by atoms with Crippen LogP contribution < -0.4 is 15.2 Å². The van der Waals surface area contributed by atoms with E-state index < -0.39 is 0 Å². The molecule has 0 saturated carbocycles. The summed E-state index contributed by atoms with van der Waals surface area (Å²) in [5.74, 6) is 1.29. The van der Waals surface area contributed by atoms with Gasteiger partial charge in [0.25, 0.3) is 0 Å². The second-order valence-electron chi connectivity index (χ2n) is 5.27. The highest BCUT2D eigenvalue weighted by atomic mass is 35.5. The molecule has 0 aromatic heterocycles. The maximum Gasteiger partial charge on any atom is 0.179 e. The van der Waals surface area contributed by atoms with Gasteiger partial charge in [0.2, 0.25) is 0 Å². The Morgan fingerprint density at radius 2 is 2.29 bits per heavy atom. The lowest BCUT2D eigenvalue weighted by molar-refractivity contribution is 0.0980. The Labute approximate surface area is 131 Å². The fourth-order valence-electron chi connectivity index (χ4n) is 2.58. The van der Waals surface area contributed by atoms with Crippen molar-refractivity contribution in [2.75, 3.05) is 26.9 Å². The smallest absolute Gasteiger partial charge is 0.179 e. The third-order valence-electron chi connectivity index (χ3n) is 3.66. The molecule has 2 rings (SSSR count). The monoisotopic (exact) mass is 313 g/mol. The number of rotatable bonds is 8. The summed E-state index contributed by atoms with van der Waals surface area (Å²) in [5.41, 5.74) is 6.63. The Morgan fingerprint density at radius 3 is 2.95 bits per heavy atom. The van der Waals surface area contributed by atoms with Crippen molar-refractivity contribution in [3.63, 3.8) is 0 Å². The van der Waals surface area contributed by atoms with E-state index in [2.05, 4.69) is 0 Å². The van der Waals surface area contributed by atoms with Gasteiger partial charge in [-0.1, -0.05) is 11.6 Å². The van der Waals surface area contributed by atoms with Crippen molar-refractivity contribution in [2.24, 2.45) is 5.73 Å². The quantitative estimate of drug-likeness (QED) is 0.749. The topological polar surface area (TPSA) is 53.7 Å². The minimum atomic E-state index is 0.401. The first-order valence-electron chi connectivity index (χ1n) is 7.55. The van der Waals surface area contributed by atoms with Crippen molar-refractivity contribution < 1.29 is 14.2 Å². The van der Waals surface area contributed by atoms with Gasteiger partial charge in [-0.05, 0) is 56.3 Å². The standard InChI is InChI=1S/C16H24ClNO3/c1-19-15-11-12(6-7-18)10-14(17)16(15)21-9-3-5-13-4-2-8-20-13/h10-11,13H,2-9,18H2,1H3. The van der Waals surface area contributed by atoms with Gasteiger partial charge in [0.1, 0.15) is 0 Å². The molecule has 4 nitrogen and oxygen atoms in total. The molecule has 0 spiro atoms. The van der Waals surface area contributed by atoms with E-state index in [1.807, 2.05) is 12.1 Å². The molecule has 0 bridgehead atoms. The van der Waals surface area contributed by atoms with Crippen molar-refractivity contribution in [1.82, 2.24) is 0 Å². The van der Waals surface area contributed by atoms with Crippen molar-refractivity contribution in [3.05, 3.63) is 22.7 Å². The average molecular weight is 314 g/mol. The van der Waals surface area contributed by atoms with Gasteiger partial charge in [-0.15, -0.1) is 0 Å². The third kappa shape index (κ3) is 4.77. The third-order valence-corrected chi connectivity index (χ3v) is 3.94. The molecule has 21 heavy (non-hydrogen) atoms. The van der Waals surface area contributed by atoms with Gasteiger partial charge in [0, 0.05) is 6.61 Å². The molecule has 1 unspecified atom stereocenters. The maximum absolute atomic E-state index is 6.28. The predicted molar refractivity (Wildman–Crippen MR) is 84.5 cm³/mol. The van der Waals surface area contributed by atoms with Gasteiger partial charge >= 0.3 is 0 Å². The SMILES string of the molecule is COc1cc(CCN)cc(Cl)c1OCCCC1CCCO1. The summed E-state index contributed by atoms with van der Waals surface area (Å²) < 4.78 is 16.8. The van der Waals surface area contributed by atoms with E-state index in [0.29, 0.717) is 35.8 Å². The highest BCUT2D eigenvalue weighted by Gasteiger charge is 2.16. The number of ether oxygens (including phenoxy) is 3. The molecule has 1 saturated heterocycles. The predicted octanol–water partition coefficient (Wildman–Crippen LogP) is 3.19. The first-order chi connectivity index (χ1) is 10.2. The Kier molecular flexibility index (Phi) is 6.61. The molecule has 0 amide bonds. The van der Waals surface area contributed by atoms with E-state index in [1.54, 1.807) is 7.11 Å². The van der Waals surface area contributed by atoms with E-state index in [1.165, 1.54) is 6.42 Å². The van der Waals surface area contributed by atoms with E-state index >= 15 is 0 Å². The van der Waals surface area contributed by atoms with Crippen LogP contribution in [-0.2, 0) is 11.2 Å². The van der Waals surface area contributed by atoms with Crippen molar-refractivity contribution >= 4 is 11.6 Å². The molecule has 1 aliphatic heterocycles. The van der Waals surface area contributed by atoms with Gasteiger partial charge in [-0.25, -0.2) is 0 Å². The number of methoxy groups -OCH3 is 1.